The molecule has 9 heteroatoms. The number of hydrogen-bond donors (Lipinski definition) is 3. The molecule has 1 unspecified atom stereocenters. The molecule has 1 aromatic rings. The van der Waals surface area contributed by atoms with Gasteiger partial charge in [0.2, 0.25) is 0 Å². The summed E-state index contributed by atoms with van der Waals surface area (Å²) in [5, 5.41) is 22.8. The average Bonchev–Trinajstić information content (AvgIpc) is 2.74. The first-order valence-electron chi connectivity index (χ1n) is 11.9. The minimum Gasteiger partial charge on any atom is -0.386 e. The summed E-state index contributed by atoms with van der Waals surface area (Å²) < 4.78 is 0. The summed E-state index contributed by atoms with van der Waals surface area (Å²) in [6.07, 6.45) is 5.95. The summed E-state index contributed by atoms with van der Waals surface area (Å²) in [7, 11) is 0. The molecular weight excluding hydrogens is 487 g/mol. The molecule has 7 nitrogen and oxygen atoms in total. The van der Waals surface area contributed by atoms with Gasteiger partial charge in [0.05, 0.1) is 28.3 Å². The molecule has 1 aliphatic carbocycles. The Morgan fingerprint density at radius 1 is 1.26 bits per heavy atom. The lowest BCUT2D eigenvalue weighted by Gasteiger charge is -2.36. The first kappa shape index (κ1) is 29.3. The van der Waals surface area contributed by atoms with Crippen molar-refractivity contribution < 1.29 is 14.7 Å². The van der Waals surface area contributed by atoms with Crippen LogP contribution in [-0.4, -0.2) is 52.0 Å². The van der Waals surface area contributed by atoms with E-state index in [-0.39, 0.29) is 50.7 Å². The minimum absolute atomic E-state index is 0.0371. The van der Waals surface area contributed by atoms with Crippen LogP contribution in [0.25, 0.3) is 0 Å². The highest BCUT2D eigenvalue weighted by Crippen LogP contribution is 2.37. The molecule has 0 bridgehead atoms. The van der Waals surface area contributed by atoms with Crippen molar-refractivity contribution in [2.75, 3.05) is 13.1 Å². The van der Waals surface area contributed by atoms with Crippen molar-refractivity contribution in [3.05, 3.63) is 39.3 Å². The summed E-state index contributed by atoms with van der Waals surface area (Å²) in [4.78, 5) is 31.0. The summed E-state index contributed by atoms with van der Waals surface area (Å²) >= 11 is 12.4. The van der Waals surface area contributed by atoms with Gasteiger partial charge in [-0.05, 0) is 44.9 Å². The fourth-order valence-corrected chi connectivity index (χ4v) is 5.08. The molecule has 2 rings (SSSR count). The van der Waals surface area contributed by atoms with E-state index in [1.54, 1.807) is 13.8 Å². The van der Waals surface area contributed by atoms with Crippen molar-refractivity contribution in [3.63, 3.8) is 0 Å². The van der Waals surface area contributed by atoms with Crippen LogP contribution >= 0.6 is 23.2 Å². The number of halogens is 2. The first-order valence-corrected chi connectivity index (χ1v) is 12.7. The molecule has 1 saturated carbocycles. The SMILES string of the molecule is C/C(N[C@H]1CC[C@](C)(C(C)=O)CC1)=C(/C=N)C(=O)N(CC(O)c1c(Cl)cncc1Cl)CC(C)(C)C. The van der Waals surface area contributed by atoms with Gasteiger partial charge in [0, 0.05) is 47.9 Å². The number of Topliss-reactive ketones (excluding diaryl/α,β-unsaturated/α-hetero) is 1. The third kappa shape index (κ3) is 7.76. The number of carbonyl (C=O) groups excluding carboxylic acids is 2. The van der Waals surface area contributed by atoms with E-state index in [1.807, 2.05) is 27.7 Å². The van der Waals surface area contributed by atoms with Gasteiger partial charge in [-0.3, -0.25) is 14.6 Å². The number of nitrogens with zero attached hydrogens (tertiary/aromatic N) is 2. The number of aliphatic hydroxyl groups excluding tert-OH is 1. The second kappa shape index (κ2) is 11.8. The summed E-state index contributed by atoms with van der Waals surface area (Å²) in [5.74, 6) is -0.144. The lowest BCUT2D eigenvalue weighted by molar-refractivity contribution is -0.129. The molecule has 1 heterocycles. The molecule has 0 radical (unpaired) electrons. The number of nitrogens with one attached hydrogen (secondary N) is 2. The molecule has 1 atom stereocenters. The van der Waals surface area contributed by atoms with Gasteiger partial charge in [0.15, 0.2) is 0 Å². The Balaban J connectivity index is 2.25. The summed E-state index contributed by atoms with van der Waals surface area (Å²) in [6, 6.07) is 0.126. The van der Waals surface area contributed by atoms with E-state index in [4.69, 9.17) is 28.6 Å². The monoisotopic (exact) mass is 524 g/mol. The number of pyridine rings is 1. The molecule has 0 aliphatic heterocycles. The third-order valence-electron chi connectivity index (χ3n) is 6.71. The number of aromatic nitrogens is 1. The minimum atomic E-state index is -1.12. The molecule has 0 aromatic carbocycles. The normalized spacial score (nSPS) is 22.1. The Kier molecular flexibility index (Phi) is 9.91. The van der Waals surface area contributed by atoms with Gasteiger partial charge < -0.3 is 20.7 Å². The van der Waals surface area contributed by atoms with Gasteiger partial charge in [0.25, 0.3) is 5.91 Å². The number of ketones is 1. The van der Waals surface area contributed by atoms with Gasteiger partial charge in [-0.15, -0.1) is 0 Å². The van der Waals surface area contributed by atoms with E-state index in [0.717, 1.165) is 31.9 Å². The van der Waals surface area contributed by atoms with Crippen LogP contribution < -0.4 is 5.32 Å². The second-order valence-electron chi connectivity index (χ2n) is 11.0. The quantitative estimate of drug-likeness (QED) is 0.298. The van der Waals surface area contributed by atoms with Crippen LogP contribution in [0.4, 0.5) is 0 Å². The van der Waals surface area contributed by atoms with Gasteiger partial charge in [-0.2, -0.15) is 0 Å². The van der Waals surface area contributed by atoms with Crippen LogP contribution in [0.2, 0.25) is 10.0 Å². The highest BCUT2D eigenvalue weighted by Gasteiger charge is 2.35. The van der Waals surface area contributed by atoms with E-state index < -0.39 is 6.10 Å². The smallest absolute Gasteiger partial charge is 0.257 e. The van der Waals surface area contributed by atoms with Gasteiger partial charge in [0.1, 0.15) is 5.78 Å². The molecule has 0 spiro atoms. The zero-order valence-corrected chi connectivity index (χ0v) is 23.1. The Hall–Kier alpha value is -1.96. The van der Waals surface area contributed by atoms with E-state index in [1.165, 1.54) is 17.3 Å². The van der Waals surface area contributed by atoms with Gasteiger partial charge >= 0.3 is 0 Å². The molecule has 3 N–H and O–H groups in total. The number of hydrogen-bond acceptors (Lipinski definition) is 6. The van der Waals surface area contributed by atoms with E-state index >= 15 is 0 Å². The summed E-state index contributed by atoms with van der Waals surface area (Å²) in [6.45, 7) is 11.8. The van der Waals surface area contributed by atoms with Gasteiger partial charge in [-0.1, -0.05) is 50.9 Å². The van der Waals surface area contributed by atoms with Crippen LogP contribution in [0.15, 0.2) is 23.7 Å². The Morgan fingerprint density at radius 3 is 2.26 bits per heavy atom. The molecule has 1 amide bonds. The Bertz CT molecular complexity index is 959. The molecule has 35 heavy (non-hydrogen) atoms. The number of aliphatic hydroxyl groups is 1. The van der Waals surface area contributed by atoms with Crippen LogP contribution in [0.3, 0.4) is 0 Å². The third-order valence-corrected chi connectivity index (χ3v) is 7.31. The number of rotatable bonds is 9. The van der Waals surface area contributed by atoms with E-state index in [2.05, 4.69) is 10.3 Å². The highest BCUT2D eigenvalue weighted by molar-refractivity contribution is 6.35. The van der Waals surface area contributed by atoms with Crippen LogP contribution in [-0.2, 0) is 9.59 Å². The number of allylic oxidation sites excluding steroid dienone is 1. The van der Waals surface area contributed by atoms with Crippen LogP contribution in [0.5, 0.6) is 0 Å². The standard InChI is InChI=1S/C26H38Cl2N4O3/c1-16(31-18-7-9-26(6,10-8-18)17(2)33)19(11-29)24(35)32(15-25(3,4)5)14-22(34)23-20(27)12-30-13-21(23)28/h11-13,18,22,29,31,34H,7-10,14-15H2,1-6H3/b19-16+,29-11?/t18-,22?,26-. The molecular formula is C26H38Cl2N4O3. The van der Waals surface area contributed by atoms with Crippen molar-refractivity contribution in [2.45, 2.75) is 79.4 Å². The van der Waals surface area contributed by atoms with Crippen molar-refractivity contribution in [3.8, 4) is 0 Å². The summed E-state index contributed by atoms with van der Waals surface area (Å²) in [5.41, 5.74) is 0.616. The second-order valence-corrected chi connectivity index (χ2v) is 11.8. The predicted molar refractivity (Wildman–Crippen MR) is 141 cm³/mol. The van der Waals surface area contributed by atoms with Crippen LogP contribution in [0, 0.1) is 16.2 Å². The van der Waals surface area contributed by atoms with Gasteiger partial charge in [-0.25, -0.2) is 0 Å². The molecule has 1 aliphatic rings. The lowest BCUT2D eigenvalue weighted by Crippen LogP contribution is -2.43. The topological polar surface area (TPSA) is 106 Å². The maximum absolute atomic E-state index is 13.6. The number of carbonyl (C=O) groups is 2. The molecule has 0 saturated heterocycles. The fourth-order valence-electron chi connectivity index (χ4n) is 4.47. The van der Waals surface area contributed by atoms with Crippen molar-refractivity contribution >= 4 is 41.1 Å². The largest absolute Gasteiger partial charge is 0.386 e. The fraction of sp³-hybridized carbons (Fsp3) is 0.615. The average molecular weight is 526 g/mol. The molecule has 1 aromatic heterocycles. The maximum atomic E-state index is 13.6. The number of amides is 1. The Labute approximate surface area is 218 Å². The lowest BCUT2D eigenvalue weighted by atomic mass is 9.71. The van der Waals surface area contributed by atoms with Crippen molar-refractivity contribution in [1.82, 2.24) is 15.2 Å². The Morgan fingerprint density at radius 2 is 1.80 bits per heavy atom. The highest BCUT2D eigenvalue weighted by atomic mass is 35.5. The van der Waals surface area contributed by atoms with E-state index in [0.29, 0.717) is 17.8 Å². The zero-order valence-electron chi connectivity index (χ0n) is 21.5. The van der Waals surface area contributed by atoms with Crippen molar-refractivity contribution in [2.24, 2.45) is 10.8 Å². The van der Waals surface area contributed by atoms with Crippen LogP contribution in [0.1, 0.15) is 78.9 Å². The zero-order chi connectivity index (χ0) is 26.6. The predicted octanol–water partition coefficient (Wildman–Crippen LogP) is 5.35. The van der Waals surface area contributed by atoms with E-state index in [9.17, 15) is 14.7 Å². The molecule has 1 fully saturated rings. The maximum Gasteiger partial charge on any atom is 0.257 e. The molecule has 194 valence electrons. The van der Waals surface area contributed by atoms with Crippen molar-refractivity contribution in [1.29, 1.82) is 5.41 Å². The first-order chi connectivity index (χ1) is 16.2.